The molecule has 0 atom stereocenters. The fraction of sp³-hybridized carbons (Fsp3) is 0.154. The lowest BCUT2D eigenvalue weighted by Gasteiger charge is -2.03. The Labute approximate surface area is 111 Å². The molecule has 0 unspecified atom stereocenters. The molecule has 1 aromatic heterocycles. The molecule has 0 aliphatic heterocycles. The molecule has 0 amide bonds. The van der Waals surface area contributed by atoms with Gasteiger partial charge in [-0.15, -0.1) is 11.3 Å². The van der Waals surface area contributed by atoms with Gasteiger partial charge in [-0.1, -0.05) is 22.9 Å². The second-order valence-electron chi connectivity index (χ2n) is 3.58. The molecule has 88 valence electrons. The average Bonchev–Trinajstić information content (AvgIpc) is 2.79. The maximum absolute atomic E-state index is 13.6. The highest BCUT2D eigenvalue weighted by atomic mass is 79.9. The van der Waals surface area contributed by atoms with Crippen LogP contribution in [-0.4, -0.2) is 5.78 Å². The number of benzene rings is 1. The lowest BCUT2D eigenvalue weighted by atomic mass is 10.1. The first-order valence-corrected chi connectivity index (χ1v) is 6.87. The summed E-state index contributed by atoms with van der Waals surface area (Å²) in [4.78, 5) is 12.8. The SMILES string of the molecule is CCc1ccsc1C(=O)c1cc(Br)ccc1F. The van der Waals surface area contributed by atoms with Crippen molar-refractivity contribution in [3.05, 3.63) is 55.9 Å². The Morgan fingerprint density at radius 1 is 1.41 bits per heavy atom. The quantitative estimate of drug-likeness (QED) is 0.766. The van der Waals surface area contributed by atoms with Gasteiger partial charge in [-0.2, -0.15) is 0 Å². The van der Waals surface area contributed by atoms with E-state index in [1.807, 2.05) is 18.4 Å². The van der Waals surface area contributed by atoms with E-state index < -0.39 is 5.82 Å². The highest BCUT2D eigenvalue weighted by Crippen LogP contribution is 2.24. The smallest absolute Gasteiger partial charge is 0.206 e. The third-order valence-electron chi connectivity index (χ3n) is 2.51. The van der Waals surface area contributed by atoms with Crippen LogP contribution in [0.25, 0.3) is 0 Å². The van der Waals surface area contributed by atoms with E-state index in [0.717, 1.165) is 12.0 Å². The van der Waals surface area contributed by atoms with Crippen LogP contribution in [0.3, 0.4) is 0 Å². The Balaban J connectivity index is 2.47. The molecule has 0 radical (unpaired) electrons. The molecule has 0 bridgehead atoms. The number of thiophene rings is 1. The van der Waals surface area contributed by atoms with Gasteiger partial charge in [0.05, 0.1) is 10.4 Å². The number of rotatable bonds is 3. The predicted molar refractivity (Wildman–Crippen MR) is 71.2 cm³/mol. The van der Waals surface area contributed by atoms with Crippen LogP contribution in [-0.2, 0) is 6.42 Å². The standard InChI is InChI=1S/C13H10BrFOS/c1-2-8-5-6-17-13(8)12(16)10-7-9(14)3-4-11(10)15/h3-7H,2H2,1H3. The highest BCUT2D eigenvalue weighted by Gasteiger charge is 2.18. The molecule has 0 fully saturated rings. The van der Waals surface area contributed by atoms with Gasteiger partial charge >= 0.3 is 0 Å². The third kappa shape index (κ3) is 2.48. The van der Waals surface area contributed by atoms with E-state index in [0.29, 0.717) is 9.35 Å². The molecule has 0 aliphatic rings. The molecule has 0 saturated carbocycles. The average molecular weight is 313 g/mol. The molecule has 4 heteroatoms. The normalized spacial score (nSPS) is 10.5. The minimum atomic E-state index is -0.478. The second kappa shape index (κ2) is 5.10. The van der Waals surface area contributed by atoms with Crippen molar-refractivity contribution in [2.45, 2.75) is 13.3 Å². The van der Waals surface area contributed by atoms with Crippen molar-refractivity contribution in [2.24, 2.45) is 0 Å². The van der Waals surface area contributed by atoms with E-state index >= 15 is 0 Å². The van der Waals surface area contributed by atoms with Crippen LogP contribution in [0.4, 0.5) is 4.39 Å². The molecule has 2 rings (SSSR count). The number of hydrogen-bond donors (Lipinski definition) is 0. The van der Waals surface area contributed by atoms with Gasteiger partial charge in [0.25, 0.3) is 0 Å². The zero-order valence-electron chi connectivity index (χ0n) is 9.17. The molecular formula is C13H10BrFOS. The van der Waals surface area contributed by atoms with Gasteiger partial charge < -0.3 is 0 Å². The molecule has 1 nitrogen and oxygen atoms in total. The summed E-state index contributed by atoms with van der Waals surface area (Å²) in [6.07, 6.45) is 0.778. The van der Waals surface area contributed by atoms with Crippen LogP contribution in [0.2, 0.25) is 0 Å². The van der Waals surface area contributed by atoms with E-state index in [2.05, 4.69) is 15.9 Å². The van der Waals surface area contributed by atoms with Crippen LogP contribution < -0.4 is 0 Å². The van der Waals surface area contributed by atoms with Crippen LogP contribution >= 0.6 is 27.3 Å². The van der Waals surface area contributed by atoms with Crippen molar-refractivity contribution in [3.8, 4) is 0 Å². The van der Waals surface area contributed by atoms with E-state index in [4.69, 9.17) is 0 Å². The molecule has 0 N–H and O–H groups in total. The molecule has 0 aliphatic carbocycles. The van der Waals surface area contributed by atoms with Gasteiger partial charge in [-0.25, -0.2) is 4.39 Å². The number of aryl methyl sites for hydroxylation is 1. The van der Waals surface area contributed by atoms with Gasteiger partial charge in [-0.05, 0) is 41.6 Å². The first-order chi connectivity index (χ1) is 8.13. The third-order valence-corrected chi connectivity index (χ3v) is 3.96. The minimum Gasteiger partial charge on any atom is -0.288 e. The zero-order valence-corrected chi connectivity index (χ0v) is 11.6. The van der Waals surface area contributed by atoms with E-state index in [-0.39, 0.29) is 11.3 Å². The molecule has 1 heterocycles. The Kier molecular flexibility index (Phi) is 3.74. The van der Waals surface area contributed by atoms with Crippen molar-refractivity contribution in [1.82, 2.24) is 0 Å². The first-order valence-electron chi connectivity index (χ1n) is 5.19. The van der Waals surface area contributed by atoms with Gasteiger partial charge in [0, 0.05) is 4.47 Å². The first kappa shape index (κ1) is 12.5. The molecule has 17 heavy (non-hydrogen) atoms. The summed E-state index contributed by atoms with van der Waals surface area (Å²) >= 11 is 4.61. The maximum atomic E-state index is 13.6. The highest BCUT2D eigenvalue weighted by molar-refractivity contribution is 9.10. The van der Waals surface area contributed by atoms with E-state index in [9.17, 15) is 9.18 Å². The van der Waals surface area contributed by atoms with Crippen molar-refractivity contribution in [1.29, 1.82) is 0 Å². The summed E-state index contributed by atoms with van der Waals surface area (Å²) < 4.78 is 14.3. The molecule has 0 saturated heterocycles. The molecular weight excluding hydrogens is 303 g/mol. The van der Waals surface area contributed by atoms with Crippen LogP contribution in [0.1, 0.15) is 27.7 Å². The summed E-state index contributed by atoms with van der Waals surface area (Å²) in [6, 6.07) is 6.32. The summed E-state index contributed by atoms with van der Waals surface area (Å²) in [5.74, 6) is -0.718. The van der Waals surface area contributed by atoms with Crippen molar-refractivity contribution >= 4 is 33.0 Å². The number of halogens is 2. The summed E-state index contributed by atoms with van der Waals surface area (Å²) in [6.45, 7) is 1.98. The number of carbonyl (C=O) groups excluding carboxylic acids is 1. The zero-order chi connectivity index (χ0) is 12.4. The summed E-state index contributed by atoms with van der Waals surface area (Å²) in [5.41, 5.74) is 1.09. The van der Waals surface area contributed by atoms with Gasteiger partial charge in [0.2, 0.25) is 5.78 Å². The molecule has 0 spiro atoms. The van der Waals surface area contributed by atoms with Gasteiger partial charge in [0.1, 0.15) is 5.82 Å². The summed E-state index contributed by atoms with van der Waals surface area (Å²) in [7, 11) is 0. The van der Waals surface area contributed by atoms with Crippen LogP contribution in [0, 0.1) is 5.82 Å². The Morgan fingerprint density at radius 2 is 2.18 bits per heavy atom. The van der Waals surface area contributed by atoms with Crippen LogP contribution in [0.5, 0.6) is 0 Å². The lowest BCUT2D eigenvalue weighted by Crippen LogP contribution is -2.04. The van der Waals surface area contributed by atoms with Crippen molar-refractivity contribution < 1.29 is 9.18 Å². The van der Waals surface area contributed by atoms with Crippen molar-refractivity contribution in [2.75, 3.05) is 0 Å². The van der Waals surface area contributed by atoms with Crippen LogP contribution in [0.15, 0.2) is 34.1 Å². The van der Waals surface area contributed by atoms with Crippen molar-refractivity contribution in [3.63, 3.8) is 0 Å². The Hall–Kier alpha value is -1.00. The Bertz CT molecular complexity index is 562. The fourth-order valence-electron chi connectivity index (χ4n) is 1.61. The van der Waals surface area contributed by atoms with E-state index in [1.54, 1.807) is 6.07 Å². The Morgan fingerprint density at radius 3 is 2.88 bits per heavy atom. The van der Waals surface area contributed by atoms with E-state index in [1.165, 1.54) is 23.5 Å². The maximum Gasteiger partial charge on any atom is 0.206 e. The predicted octanol–water partition coefficient (Wildman–Crippen LogP) is 4.44. The fourth-order valence-corrected chi connectivity index (χ4v) is 2.92. The summed E-state index contributed by atoms with van der Waals surface area (Å²) in [5, 5.41) is 1.86. The van der Waals surface area contributed by atoms with Gasteiger partial charge in [-0.3, -0.25) is 4.79 Å². The molecule has 1 aromatic carbocycles. The van der Waals surface area contributed by atoms with Gasteiger partial charge in [0.15, 0.2) is 0 Å². The lowest BCUT2D eigenvalue weighted by molar-refractivity contribution is 0.103. The monoisotopic (exact) mass is 312 g/mol. The number of hydrogen-bond acceptors (Lipinski definition) is 2. The largest absolute Gasteiger partial charge is 0.288 e. The molecule has 2 aromatic rings. The number of ketones is 1. The number of carbonyl (C=O) groups is 1. The minimum absolute atomic E-state index is 0.122. The topological polar surface area (TPSA) is 17.1 Å². The second-order valence-corrected chi connectivity index (χ2v) is 5.41.